The van der Waals surface area contributed by atoms with Gasteiger partial charge >= 0.3 is 0 Å². The second-order valence-corrected chi connectivity index (χ2v) is 10.8. The molecule has 2 aromatic heterocycles. The number of ether oxygens (including phenoxy) is 1. The Kier molecular flexibility index (Phi) is 5.82. The molecule has 1 aromatic carbocycles. The molecule has 1 saturated carbocycles. The number of piperazine rings is 1. The molecule has 7 nitrogen and oxygen atoms in total. The van der Waals surface area contributed by atoms with Gasteiger partial charge in [0, 0.05) is 43.5 Å². The molecule has 176 valence electrons. The van der Waals surface area contributed by atoms with Crippen LogP contribution in [0.5, 0.6) is 5.75 Å². The molecule has 1 aliphatic carbocycles. The van der Waals surface area contributed by atoms with E-state index in [4.69, 9.17) is 14.7 Å². The number of nitrogens with one attached hydrogen (secondary N) is 2. The van der Waals surface area contributed by atoms with Gasteiger partial charge in [0.25, 0.3) is 0 Å². The minimum absolute atomic E-state index is 0.0728. The summed E-state index contributed by atoms with van der Waals surface area (Å²) < 4.78 is 6.21. The van der Waals surface area contributed by atoms with Crippen LogP contribution in [0.4, 0.5) is 23.1 Å². The Morgan fingerprint density at radius 3 is 2.58 bits per heavy atom. The van der Waals surface area contributed by atoms with Crippen LogP contribution in [0.1, 0.15) is 39.2 Å². The van der Waals surface area contributed by atoms with E-state index in [0.29, 0.717) is 5.95 Å². The Balaban J connectivity index is 1.46. The van der Waals surface area contributed by atoms with Gasteiger partial charge in [0.2, 0.25) is 5.95 Å². The van der Waals surface area contributed by atoms with Crippen LogP contribution in [-0.2, 0) is 0 Å². The number of fused-ring (bicyclic) bond motifs is 1. The van der Waals surface area contributed by atoms with Crippen molar-refractivity contribution in [3.63, 3.8) is 0 Å². The molecular formula is C25H34N6OS. The molecule has 33 heavy (non-hydrogen) atoms. The summed E-state index contributed by atoms with van der Waals surface area (Å²) in [4.78, 5) is 15.5. The molecule has 2 fully saturated rings. The monoisotopic (exact) mass is 466 g/mol. The lowest BCUT2D eigenvalue weighted by atomic mass is 10.2. The molecule has 0 bridgehead atoms. The molecule has 2 N–H and O–H groups in total. The van der Waals surface area contributed by atoms with E-state index in [1.54, 1.807) is 11.3 Å². The highest BCUT2D eigenvalue weighted by atomic mass is 32.1. The number of aryl methyl sites for hydroxylation is 1. The van der Waals surface area contributed by atoms with E-state index in [1.165, 1.54) is 24.1 Å². The van der Waals surface area contributed by atoms with Gasteiger partial charge < -0.3 is 25.2 Å². The van der Waals surface area contributed by atoms with Crippen molar-refractivity contribution >= 4 is 44.7 Å². The van der Waals surface area contributed by atoms with Crippen LogP contribution in [0.3, 0.4) is 0 Å². The summed E-state index contributed by atoms with van der Waals surface area (Å²) >= 11 is 1.66. The Morgan fingerprint density at radius 1 is 1.12 bits per heavy atom. The van der Waals surface area contributed by atoms with Crippen molar-refractivity contribution in [3.8, 4) is 5.75 Å². The van der Waals surface area contributed by atoms with Crippen LogP contribution in [0.15, 0.2) is 23.6 Å². The van der Waals surface area contributed by atoms with E-state index in [2.05, 4.69) is 78.8 Å². The van der Waals surface area contributed by atoms with Gasteiger partial charge in [-0.05, 0) is 70.7 Å². The molecule has 0 unspecified atom stereocenters. The topological polar surface area (TPSA) is 65.6 Å². The van der Waals surface area contributed by atoms with Gasteiger partial charge in [-0.15, -0.1) is 11.3 Å². The summed E-state index contributed by atoms with van der Waals surface area (Å²) in [5, 5.41) is 10.4. The second kappa shape index (κ2) is 8.65. The Labute approximate surface area is 200 Å². The van der Waals surface area contributed by atoms with Crippen molar-refractivity contribution in [2.24, 2.45) is 0 Å². The van der Waals surface area contributed by atoms with E-state index >= 15 is 0 Å². The van der Waals surface area contributed by atoms with Gasteiger partial charge in [0.05, 0.1) is 17.2 Å². The zero-order chi connectivity index (χ0) is 23.2. The number of aromatic nitrogens is 2. The number of nitrogens with zero attached hydrogens (tertiary/aromatic N) is 4. The highest BCUT2D eigenvalue weighted by Gasteiger charge is 2.38. The van der Waals surface area contributed by atoms with Gasteiger partial charge in [-0.3, -0.25) is 0 Å². The number of likely N-dealkylation sites (N-methyl/N-ethyl adjacent to an activating group) is 1. The van der Waals surface area contributed by atoms with Crippen LogP contribution in [0.25, 0.3) is 10.2 Å². The number of anilines is 4. The van der Waals surface area contributed by atoms with Gasteiger partial charge in [0.15, 0.2) is 0 Å². The van der Waals surface area contributed by atoms with Crippen LogP contribution in [-0.4, -0.2) is 59.7 Å². The van der Waals surface area contributed by atoms with Gasteiger partial charge in [-0.25, -0.2) is 4.98 Å². The van der Waals surface area contributed by atoms with Crippen molar-refractivity contribution < 1.29 is 4.74 Å². The maximum absolute atomic E-state index is 6.21. The maximum Gasteiger partial charge on any atom is 0.230 e. The van der Waals surface area contributed by atoms with E-state index in [-0.39, 0.29) is 11.6 Å². The normalized spacial score (nSPS) is 18.1. The Hall–Kier alpha value is -2.58. The summed E-state index contributed by atoms with van der Waals surface area (Å²) in [6.07, 6.45) is 2.42. The van der Waals surface area contributed by atoms with Crippen molar-refractivity contribution in [1.82, 2.24) is 14.9 Å². The Bertz CT molecular complexity index is 1150. The van der Waals surface area contributed by atoms with E-state index in [0.717, 1.165) is 53.7 Å². The predicted octanol–water partition coefficient (Wildman–Crippen LogP) is 5.25. The summed E-state index contributed by atoms with van der Waals surface area (Å²) in [5.41, 5.74) is 3.44. The third-order valence-corrected chi connectivity index (χ3v) is 7.47. The Morgan fingerprint density at radius 2 is 1.88 bits per heavy atom. The van der Waals surface area contributed by atoms with Crippen molar-refractivity contribution in [3.05, 3.63) is 29.1 Å². The lowest BCUT2D eigenvalue weighted by Crippen LogP contribution is -2.44. The largest absolute Gasteiger partial charge is 0.489 e. The number of hydrogen-bond acceptors (Lipinski definition) is 8. The van der Waals surface area contributed by atoms with Gasteiger partial charge in [-0.2, -0.15) is 4.98 Å². The lowest BCUT2D eigenvalue weighted by molar-refractivity contribution is 0.243. The van der Waals surface area contributed by atoms with Crippen molar-refractivity contribution in [2.75, 3.05) is 48.8 Å². The fourth-order valence-electron chi connectivity index (χ4n) is 4.18. The minimum Gasteiger partial charge on any atom is -0.489 e. The van der Waals surface area contributed by atoms with Crippen molar-refractivity contribution in [1.29, 1.82) is 0 Å². The first kappa shape index (κ1) is 22.2. The number of benzene rings is 1. The molecule has 0 spiro atoms. The molecule has 0 amide bonds. The van der Waals surface area contributed by atoms with E-state index in [9.17, 15) is 0 Å². The number of hydrogen-bond donors (Lipinski definition) is 2. The molecule has 5 rings (SSSR count). The minimum atomic E-state index is 0.0728. The lowest BCUT2D eigenvalue weighted by Gasteiger charge is -2.34. The first-order valence-corrected chi connectivity index (χ1v) is 12.7. The average molecular weight is 467 g/mol. The zero-order valence-electron chi connectivity index (χ0n) is 20.2. The van der Waals surface area contributed by atoms with Crippen LogP contribution < -0.4 is 20.3 Å². The predicted molar refractivity (Wildman–Crippen MR) is 139 cm³/mol. The first-order valence-electron chi connectivity index (χ1n) is 11.8. The smallest absolute Gasteiger partial charge is 0.230 e. The highest BCUT2D eigenvalue weighted by molar-refractivity contribution is 7.17. The summed E-state index contributed by atoms with van der Waals surface area (Å²) in [6.45, 7) is 12.7. The number of thiophene rings is 1. The standard InChI is InChI=1S/C25H34N6OS/c1-16(2)32-20-14-18(31-12-10-30(5)11-13-31)6-7-19(20)26-24-27-22(29-25(4)8-9-25)21-17(3)15-33-23(21)28-24/h6-7,14-16H,8-13H2,1-5H3,(H2,26,27,28,29). The van der Waals surface area contributed by atoms with Crippen LogP contribution in [0, 0.1) is 6.92 Å². The van der Waals surface area contributed by atoms with Gasteiger partial charge in [0.1, 0.15) is 16.4 Å². The van der Waals surface area contributed by atoms with Crippen molar-refractivity contribution in [2.45, 2.75) is 52.2 Å². The quantitative estimate of drug-likeness (QED) is 0.493. The number of rotatable bonds is 7. The fourth-order valence-corrected chi connectivity index (χ4v) is 5.10. The zero-order valence-corrected chi connectivity index (χ0v) is 21.1. The maximum atomic E-state index is 6.21. The molecule has 1 saturated heterocycles. The highest BCUT2D eigenvalue weighted by Crippen LogP contribution is 2.41. The third-order valence-electron chi connectivity index (χ3n) is 6.48. The SMILES string of the molecule is Cc1csc2nc(Nc3ccc(N4CCN(C)CC4)cc3OC(C)C)nc(NC3(C)CC3)c12. The molecule has 3 aromatic rings. The molecule has 8 heteroatoms. The summed E-state index contributed by atoms with van der Waals surface area (Å²) in [7, 11) is 2.18. The fraction of sp³-hybridized carbons (Fsp3) is 0.520. The molecule has 1 aliphatic heterocycles. The summed E-state index contributed by atoms with van der Waals surface area (Å²) in [6, 6.07) is 6.40. The van der Waals surface area contributed by atoms with Crippen LogP contribution >= 0.6 is 11.3 Å². The molecule has 0 atom stereocenters. The summed E-state index contributed by atoms with van der Waals surface area (Å²) in [5.74, 6) is 2.34. The van der Waals surface area contributed by atoms with Crippen LogP contribution in [0.2, 0.25) is 0 Å². The van der Waals surface area contributed by atoms with Gasteiger partial charge in [-0.1, -0.05) is 0 Å². The third kappa shape index (κ3) is 4.87. The molecule has 0 radical (unpaired) electrons. The second-order valence-electron chi connectivity index (χ2n) is 9.94. The molecule has 2 aliphatic rings. The van der Waals surface area contributed by atoms with E-state index < -0.39 is 0 Å². The van der Waals surface area contributed by atoms with E-state index in [1.807, 2.05) is 0 Å². The molecule has 3 heterocycles. The first-order chi connectivity index (χ1) is 15.8. The molecular weight excluding hydrogens is 432 g/mol. The average Bonchev–Trinajstić information content (AvgIpc) is 3.37.